The van der Waals surface area contributed by atoms with Crippen LogP contribution in [-0.4, -0.2) is 71.8 Å². The van der Waals surface area contributed by atoms with Crippen LogP contribution in [0.2, 0.25) is 0 Å². The predicted octanol–water partition coefficient (Wildman–Crippen LogP) is 0.198. The first-order valence-electron chi connectivity index (χ1n) is 8.46. The van der Waals surface area contributed by atoms with Crippen LogP contribution in [-0.2, 0) is 14.4 Å². The maximum Gasteiger partial charge on any atom is 0.306 e. The summed E-state index contributed by atoms with van der Waals surface area (Å²) < 4.78 is 0. The van der Waals surface area contributed by atoms with Gasteiger partial charge >= 0.3 is 5.97 Å². The lowest BCUT2D eigenvalue weighted by molar-refractivity contribution is -0.146. The molecule has 0 spiro atoms. The maximum atomic E-state index is 12.2. The van der Waals surface area contributed by atoms with E-state index >= 15 is 0 Å². The van der Waals surface area contributed by atoms with Crippen molar-refractivity contribution in [3.8, 4) is 0 Å². The smallest absolute Gasteiger partial charge is 0.306 e. The maximum absolute atomic E-state index is 12.2. The molecule has 0 bridgehead atoms. The molecule has 1 aliphatic heterocycles. The van der Waals surface area contributed by atoms with Crippen molar-refractivity contribution in [2.75, 3.05) is 33.2 Å². The van der Waals surface area contributed by atoms with Crippen molar-refractivity contribution < 1.29 is 24.3 Å². The summed E-state index contributed by atoms with van der Waals surface area (Å²) in [6, 6.07) is 8.55. The molecule has 0 aliphatic carbocycles. The highest BCUT2D eigenvalue weighted by Gasteiger charge is 2.27. The Kier molecular flexibility index (Phi) is 6.71. The van der Waals surface area contributed by atoms with Crippen LogP contribution in [0.5, 0.6) is 0 Å². The molecule has 1 aliphatic rings. The molecule has 0 atom stereocenters. The summed E-state index contributed by atoms with van der Waals surface area (Å²) in [5.74, 6) is -2.19. The fourth-order valence-electron chi connectivity index (χ4n) is 2.75. The van der Waals surface area contributed by atoms with Gasteiger partial charge in [-0.1, -0.05) is 18.2 Å². The van der Waals surface area contributed by atoms with E-state index in [1.807, 2.05) is 0 Å². The van der Waals surface area contributed by atoms with Gasteiger partial charge in [0.15, 0.2) is 0 Å². The molecular formula is C18H23N3O5. The summed E-state index contributed by atoms with van der Waals surface area (Å²) in [5, 5.41) is 11.5. The van der Waals surface area contributed by atoms with E-state index in [1.54, 1.807) is 35.2 Å². The zero-order valence-corrected chi connectivity index (χ0v) is 14.7. The van der Waals surface area contributed by atoms with Crippen LogP contribution in [0.4, 0.5) is 0 Å². The summed E-state index contributed by atoms with van der Waals surface area (Å²) in [4.78, 5) is 50.0. The van der Waals surface area contributed by atoms with Crippen LogP contribution in [0.25, 0.3) is 0 Å². The van der Waals surface area contributed by atoms with Gasteiger partial charge in [0.1, 0.15) is 0 Å². The van der Waals surface area contributed by atoms with E-state index in [4.69, 9.17) is 5.11 Å². The van der Waals surface area contributed by atoms with E-state index in [9.17, 15) is 19.2 Å². The number of carbonyl (C=O) groups is 4. The topological polar surface area (TPSA) is 107 Å². The van der Waals surface area contributed by atoms with Gasteiger partial charge < -0.3 is 20.2 Å². The van der Waals surface area contributed by atoms with E-state index in [2.05, 4.69) is 5.32 Å². The normalized spacial score (nSPS) is 14.6. The van der Waals surface area contributed by atoms with Crippen molar-refractivity contribution in [1.82, 2.24) is 15.1 Å². The van der Waals surface area contributed by atoms with Gasteiger partial charge in [-0.15, -0.1) is 0 Å². The Bertz CT molecular complexity index is 669. The molecule has 2 N–H and O–H groups in total. The Labute approximate surface area is 151 Å². The molecule has 0 saturated carbocycles. The molecule has 0 radical (unpaired) electrons. The molecule has 2 rings (SSSR count). The van der Waals surface area contributed by atoms with Crippen LogP contribution in [0.3, 0.4) is 0 Å². The number of aliphatic carboxylic acids is 1. The van der Waals surface area contributed by atoms with Gasteiger partial charge in [-0.3, -0.25) is 19.2 Å². The second-order valence-electron chi connectivity index (χ2n) is 6.29. The number of benzene rings is 1. The first kappa shape index (κ1) is 19.4. The molecule has 8 nitrogen and oxygen atoms in total. The van der Waals surface area contributed by atoms with E-state index in [1.165, 1.54) is 11.9 Å². The van der Waals surface area contributed by atoms with Crippen LogP contribution in [0.1, 0.15) is 23.2 Å². The van der Waals surface area contributed by atoms with E-state index in [0.29, 0.717) is 31.5 Å². The molecule has 1 saturated heterocycles. The van der Waals surface area contributed by atoms with Gasteiger partial charge in [-0.25, -0.2) is 0 Å². The number of rotatable bonds is 6. The van der Waals surface area contributed by atoms with E-state index < -0.39 is 11.9 Å². The number of hydrogen-bond acceptors (Lipinski definition) is 4. The zero-order chi connectivity index (χ0) is 19.1. The van der Waals surface area contributed by atoms with Crippen molar-refractivity contribution in [2.45, 2.75) is 12.8 Å². The zero-order valence-electron chi connectivity index (χ0n) is 14.7. The summed E-state index contributed by atoms with van der Waals surface area (Å²) in [5.41, 5.74) is 0.459. The number of carboxylic acids is 1. The summed E-state index contributed by atoms with van der Waals surface area (Å²) >= 11 is 0. The van der Waals surface area contributed by atoms with Crippen molar-refractivity contribution in [3.05, 3.63) is 35.9 Å². The van der Waals surface area contributed by atoms with Gasteiger partial charge in [-0.2, -0.15) is 0 Å². The van der Waals surface area contributed by atoms with Gasteiger partial charge in [0.25, 0.3) is 5.91 Å². The fourth-order valence-corrected chi connectivity index (χ4v) is 2.75. The van der Waals surface area contributed by atoms with Gasteiger partial charge in [-0.05, 0) is 25.0 Å². The first-order valence-corrected chi connectivity index (χ1v) is 8.46. The first-order chi connectivity index (χ1) is 12.4. The lowest BCUT2D eigenvalue weighted by Gasteiger charge is -2.31. The standard InChI is InChI=1S/C18H23N3O5/c1-20(12-16(23)21-9-7-14(8-10-21)18(25)26)15(22)11-19-17(24)13-5-3-2-4-6-13/h2-6,14H,7-12H2,1H3,(H,19,24)(H,25,26). The van der Waals surface area contributed by atoms with E-state index in [-0.39, 0.29) is 30.8 Å². The number of nitrogens with zero attached hydrogens (tertiary/aromatic N) is 2. The third-order valence-electron chi connectivity index (χ3n) is 4.43. The number of hydrogen-bond donors (Lipinski definition) is 2. The minimum Gasteiger partial charge on any atom is -0.481 e. The Balaban J connectivity index is 1.75. The SMILES string of the molecule is CN(CC(=O)N1CCC(C(=O)O)CC1)C(=O)CNC(=O)c1ccccc1. The molecule has 1 fully saturated rings. The summed E-state index contributed by atoms with van der Waals surface area (Å²) in [6.07, 6.45) is 0.845. The monoisotopic (exact) mass is 361 g/mol. The highest BCUT2D eigenvalue weighted by atomic mass is 16.4. The second kappa shape index (κ2) is 8.98. The second-order valence-corrected chi connectivity index (χ2v) is 6.29. The molecule has 3 amide bonds. The lowest BCUT2D eigenvalue weighted by Crippen LogP contribution is -2.47. The average Bonchev–Trinajstić information content (AvgIpc) is 2.66. The molecular weight excluding hydrogens is 338 g/mol. The molecule has 0 aromatic heterocycles. The largest absolute Gasteiger partial charge is 0.481 e. The number of likely N-dealkylation sites (N-methyl/N-ethyl adjacent to an activating group) is 1. The lowest BCUT2D eigenvalue weighted by atomic mass is 9.97. The van der Waals surface area contributed by atoms with Gasteiger partial charge in [0.2, 0.25) is 11.8 Å². The summed E-state index contributed by atoms with van der Waals surface area (Å²) in [7, 11) is 1.50. The highest BCUT2D eigenvalue weighted by Crippen LogP contribution is 2.17. The molecule has 1 aromatic carbocycles. The predicted molar refractivity (Wildman–Crippen MR) is 93.4 cm³/mol. The number of likely N-dealkylation sites (tertiary alicyclic amines) is 1. The molecule has 1 aromatic rings. The van der Waals surface area contributed by atoms with Crippen LogP contribution < -0.4 is 5.32 Å². The fraction of sp³-hybridized carbons (Fsp3) is 0.444. The Morgan fingerprint density at radius 1 is 1.15 bits per heavy atom. The number of carbonyl (C=O) groups excluding carboxylic acids is 3. The van der Waals surface area contributed by atoms with Crippen molar-refractivity contribution in [1.29, 1.82) is 0 Å². The minimum atomic E-state index is -0.835. The number of nitrogens with one attached hydrogen (secondary N) is 1. The molecule has 26 heavy (non-hydrogen) atoms. The van der Waals surface area contributed by atoms with Crippen molar-refractivity contribution in [3.63, 3.8) is 0 Å². The third-order valence-corrected chi connectivity index (χ3v) is 4.43. The van der Waals surface area contributed by atoms with Gasteiger partial charge in [0.05, 0.1) is 19.0 Å². The van der Waals surface area contributed by atoms with Crippen LogP contribution in [0.15, 0.2) is 30.3 Å². The number of amides is 3. The quantitative estimate of drug-likeness (QED) is 0.753. The highest BCUT2D eigenvalue weighted by molar-refractivity contribution is 5.96. The van der Waals surface area contributed by atoms with Crippen LogP contribution >= 0.6 is 0 Å². The van der Waals surface area contributed by atoms with Gasteiger partial charge in [0, 0.05) is 25.7 Å². The van der Waals surface area contributed by atoms with Crippen molar-refractivity contribution in [2.24, 2.45) is 5.92 Å². The van der Waals surface area contributed by atoms with E-state index in [0.717, 1.165) is 0 Å². The van der Waals surface area contributed by atoms with Crippen LogP contribution in [0, 0.1) is 5.92 Å². The molecule has 140 valence electrons. The number of carboxylic acid groups (broad SMARTS) is 1. The Morgan fingerprint density at radius 3 is 2.35 bits per heavy atom. The molecule has 1 heterocycles. The molecule has 8 heteroatoms. The van der Waals surface area contributed by atoms with Crippen molar-refractivity contribution >= 4 is 23.7 Å². The third kappa shape index (κ3) is 5.30. The number of piperidine rings is 1. The Hall–Kier alpha value is -2.90. The average molecular weight is 361 g/mol. The molecule has 0 unspecified atom stereocenters. The summed E-state index contributed by atoms with van der Waals surface area (Å²) in [6.45, 7) is 0.460. The minimum absolute atomic E-state index is 0.0994. The Morgan fingerprint density at radius 2 is 1.77 bits per heavy atom.